The van der Waals surface area contributed by atoms with Crippen LogP contribution in [-0.2, 0) is 27.0 Å². The van der Waals surface area contributed by atoms with E-state index in [1.54, 1.807) is 6.07 Å². The Morgan fingerprint density at radius 3 is 2.69 bits per heavy atom. The molecule has 1 amide bonds. The lowest BCUT2D eigenvalue weighted by molar-refractivity contribution is -0.145. The maximum absolute atomic E-state index is 15.4. The van der Waals surface area contributed by atoms with Gasteiger partial charge in [0, 0.05) is 43.2 Å². The molecule has 2 aliphatic rings. The van der Waals surface area contributed by atoms with Gasteiger partial charge in [-0.05, 0) is 12.1 Å². The zero-order valence-corrected chi connectivity index (χ0v) is 19.4. The number of nitrogens with zero attached hydrogens (tertiary/aromatic N) is 4. The largest absolute Gasteiger partial charge is 0.437 e. The number of halogens is 2. The van der Waals surface area contributed by atoms with Gasteiger partial charge in [0.05, 0.1) is 25.3 Å². The Labute approximate surface area is 203 Å². The fraction of sp³-hybridized carbons (Fsp3) is 0.238. The summed E-state index contributed by atoms with van der Waals surface area (Å²) in [6.07, 6.45) is 1.74. The van der Waals surface area contributed by atoms with Gasteiger partial charge in [0.15, 0.2) is 11.6 Å². The van der Waals surface area contributed by atoms with E-state index in [2.05, 4.69) is 15.2 Å². The molecule has 1 aromatic carbocycles. The number of carbonyl (C=O) groups is 1. The quantitative estimate of drug-likeness (QED) is 0.478. The number of fused-ring (bicyclic) bond motifs is 2. The molecule has 2 aliphatic heterocycles. The molecule has 15 heteroatoms. The molecule has 36 heavy (non-hydrogen) atoms. The van der Waals surface area contributed by atoms with Crippen molar-refractivity contribution in [1.29, 1.82) is 0 Å². The molecule has 0 aliphatic carbocycles. The topological polar surface area (TPSA) is 145 Å². The lowest BCUT2D eigenvalue weighted by atomic mass is 9.83. The number of hydrogen-bond donors (Lipinski definition) is 2. The van der Waals surface area contributed by atoms with E-state index in [0.29, 0.717) is 0 Å². The number of nitrogens with one attached hydrogen (secondary N) is 2. The van der Waals surface area contributed by atoms with Gasteiger partial charge in [-0.25, -0.2) is 23.3 Å². The van der Waals surface area contributed by atoms with Crippen LogP contribution in [0, 0.1) is 11.6 Å². The van der Waals surface area contributed by atoms with Gasteiger partial charge in [-0.2, -0.15) is 13.5 Å². The smallest absolute Gasteiger partial charge is 0.416 e. The highest BCUT2D eigenvalue weighted by molar-refractivity contribution is 7.90. The van der Waals surface area contributed by atoms with E-state index >= 15 is 8.78 Å². The third kappa shape index (κ3) is 4.16. The molecule has 12 nitrogen and oxygen atoms in total. The molecule has 2 aromatic heterocycles. The van der Waals surface area contributed by atoms with Crippen molar-refractivity contribution in [2.45, 2.75) is 12.1 Å². The van der Waals surface area contributed by atoms with Gasteiger partial charge in [-0.3, -0.25) is 9.62 Å². The number of hydrogen-bond acceptors (Lipinski definition) is 9. The highest BCUT2D eigenvalue weighted by Crippen LogP contribution is 2.48. The molecule has 5 rings (SSSR count). The summed E-state index contributed by atoms with van der Waals surface area (Å²) in [4.78, 5) is 17.9. The average molecular weight is 520 g/mol. The first kappa shape index (κ1) is 23.8. The Bertz CT molecular complexity index is 1440. The molecule has 1 fully saturated rings. The van der Waals surface area contributed by atoms with E-state index in [4.69, 9.17) is 14.2 Å². The van der Waals surface area contributed by atoms with Gasteiger partial charge < -0.3 is 14.2 Å². The first-order valence-electron chi connectivity index (χ1n) is 10.4. The van der Waals surface area contributed by atoms with Crippen LogP contribution in [0.4, 0.5) is 19.4 Å². The summed E-state index contributed by atoms with van der Waals surface area (Å²) in [6.45, 7) is -0.508. The minimum absolute atomic E-state index is 0.0324. The molecule has 188 valence electrons. The zero-order valence-electron chi connectivity index (χ0n) is 18.6. The molecule has 0 bridgehead atoms. The summed E-state index contributed by atoms with van der Waals surface area (Å²) in [5, 5.41) is 7.45. The van der Waals surface area contributed by atoms with Crippen LogP contribution in [0.3, 0.4) is 0 Å². The summed E-state index contributed by atoms with van der Waals surface area (Å²) in [7, 11) is -2.90. The van der Waals surface area contributed by atoms with E-state index in [9.17, 15) is 13.2 Å². The summed E-state index contributed by atoms with van der Waals surface area (Å²) in [6, 6.07) is 6.84. The first-order valence-corrected chi connectivity index (χ1v) is 11.9. The van der Waals surface area contributed by atoms with Gasteiger partial charge in [0.2, 0.25) is 5.88 Å². The van der Waals surface area contributed by atoms with Crippen LogP contribution in [0.25, 0.3) is 0 Å². The number of rotatable bonds is 7. The van der Waals surface area contributed by atoms with E-state index in [0.717, 1.165) is 18.0 Å². The number of pyridine rings is 1. The molecule has 2 N–H and O–H groups in total. The fourth-order valence-corrected chi connectivity index (χ4v) is 4.41. The maximum Gasteiger partial charge on any atom is 0.416 e. The van der Waals surface area contributed by atoms with Crippen LogP contribution in [0.1, 0.15) is 11.1 Å². The standard InChI is InChI=1S/C21H18F2N6O6S/c1-24-36(31,32)28-19-18(23)12(4-6-25-19)9-29-20(30)35-15-8-13(34-16-3-2-5-26-27-16)7-14(22)17(15)21(29)10-33-11-21/h2-8,24H,9-11H2,1H3,(H,25,28). The van der Waals surface area contributed by atoms with Crippen molar-refractivity contribution in [3.8, 4) is 17.4 Å². The van der Waals surface area contributed by atoms with E-state index in [1.807, 2.05) is 9.44 Å². The first-order chi connectivity index (χ1) is 17.2. The van der Waals surface area contributed by atoms with E-state index in [-0.39, 0.29) is 48.3 Å². The molecule has 0 unspecified atom stereocenters. The number of aromatic nitrogens is 3. The van der Waals surface area contributed by atoms with Crippen molar-refractivity contribution in [1.82, 2.24) is 24.8 Å². The molecule has 0 atom stereocenters. The van der Waals surface area contributed by atoms with Crippen LogP contribution in [0.15, 0.2) is 42.7 Å². The normalized spacial score (nSPS) is 16.2. The number of anilines is 1. The second kappa shape index (κ2) is 8.92. The summed E-state index contributed by atoms with van der Waals surface area (Å²) < 4.78 is 74.2. The molecular weight excluding hydrogens is 502 g/mol. The van der Waals surface area contributed by atoms with Gasteiger partial charge in [0.1, 0.15) is 22.9 Å². The predicted molar refractivity (Wildman–Crippen MR) is 118 cm³/mol. The predicted octanol–water partition coefficient (Wildman–Crippen LogP) is 2.06. The Morgan fingerprint density at radius 2 is 2.03 bits per heavy atom. The molecular formula is C21H18F2N6O6S. The van der Waals surface area contributed by atoms with Gasteiger partial charge in [-0.15, -0.1) is 5.10 Å². The lowest BCUT2D eigenvalue weighted by Crippen LogP contribution is -2.64. The Kier molecular flexibility index (Phi) is 5.89. The van der Waals surface area contributed by atoms with Crippen LogP contribution in [0.2, 0.25) is 0 Å². The van der Waals surface area contributed by atoms with Gasteiger partial charge in [-0.1, -0.05) is 0 Å². The number of amides is 1. The Balaban J connectivity index is 1.48. The average Bonchev–Trinajstić information content (AvgIpc) is 2.81. The van der Waals surface area contributed by atoms with E-state index < -0.39 is 39.3 Å². The second-order valence-corrected chi connectivity index (χ2v) is 9.48. The minimum atomic E-state index is -4.04. The molecule has 1 saturated heterocycles. The number of carbonyl (C=O) groups excluding carboxylic acids is 1. The van der Waals surface area contributed by atoms with Crippen LogP contribution in [0.5, 0.6) is 17.4 Å². The van der Waals surface area contributed by atoms with E-state index in [1.165, 1.54) is 30.6 Å². The molecule has 0 radical (unpaired) electrons. The fourth-order valence-electron chi connectivity index (χ4n) is 3.91. The maximum atomic E-state index is 15.4. The van der Waals surface area contributed by atoms with Crippen molar-refractivity contribution < 1.29 is 36.2 Å². The molecule has 3 aromatic rings. The highest BCUT2D eigenvalue weighted by atomic mass is 32.2. The minimum Gasteiger partial charge on any atom is -0.437 e. The third-order valence-corrected chi connectivity index (χ3v) is 6.68. The molecule has 4 heterocycles. The second-order valence-electron chi connectivity index (χ2n) is 7.86. The Hall–Kier alpha value is -3.95. The highest BCUT2D eigenvalue weighted by Gasteiger charge is 2.55. The lowest BCUT2D eigenvalue weighted by Gasteiger charge is -2.51. The van der Waals surface area contributed by atoms with Crippen LogP contribution < -0.4 is 18.9 Å². The van der Waals surface area contributed by atoms with Crippen molar-refractivity contribution in [2.24, 2.45) is 0 Å². The van der Waals surface area contributed by atoms with Crippen molar-refractivity contribution in [2.75, 3.05) is 25.0 Å². The van der Waals surface area contributed by atoms with Gasteiger partial charge in [0.25, 0.3) is 10.2 Å². The number of ether oxygens (including phenoxy) is 3. The number of benzene rings is 1. The van der Waals surface area contributed by atoms with Crippen LogP contribution >= 0.6 is 0 Å². The van der Waals surface area contributed by atoms with Crippen molar-refractivity contribution in [3.63, 3.8) is 0 Å². The summed E-state index contributed by atoms with van der Waals surface area (Å²) >= 11 is 0. The third-order valence-electron chi connectivity index (χ3n) is 5.68. The van der Waals surface area contributed by atoms with Crippen LogP contribution in [-0.4, -0.2) is 54.9 Å². The molecule has 1 spiro atoms. The summed E-state index contributed by atoms with van der Waals surface area (Å²) in [5.74, 6) is -2.23. The Morgan fingerprint density at radius 1 is 1.22 bits per heavy atom. The van der Waals surface area contributed by atoms with Crippen molar-refractivity contribution in [3.05, 3.63) is 65.5 Å². The SMILES string of the molecule is CNS(=O)(=O)Nc1nccc(CN2C(=O)Oc3cc(Oc4cccnn4)cc(F)c3C23COC3)c1F. The summed E-state index contributed by atoms with van der Waals surface area (Å²) in [5.41, 5.74) is -1.31. The zero-order chi connectivity index (χ0) is 25.5. The molecule has 0 saturated carbocycles. The van der Waals surface area contributed by atoms with Crippen molar-refractivity contribution >= 4 is 22.1 Å². The monoisotopic (exact) mass is 520 g/mol. The van der Waals surface area contributed by atoms with Gasteiger partial charge >= 0.3 is 6.09 Å².